The van der Waals surface area contributed by atoms with E-state index < -0.39 is 77.2 Å². The van der Waals surface area contributed by atoms with E-state index in [0.29, 0.717) is 36.4 Å². The zero-order valence-electron chi connectivity index (χ0n) is 23.7. The number of likely N-dealkylation sites (tertiary alicyclic amines) is 1. The van der Waals surface area contributed by atoms with E-state index in [4.69, 9.17) is 16.3 Å². The van der Waals surface area contributed by atoms with Gasteiger partial charge in [0.15, 0.2) is 11.6 Å². The Hall–Kier alpha value is -3.92. The average Bonchev–Trinajstić information content (AvgIpc) is 2.96. The molecule has 16 heteroatoms. The maximum atomic E-state index is 15.5. The van der Waals surface area contributed by atoms with Crippen LogP contribution in [0.15, 0.2) is 42.7 Å². The first-order valence-corrected chi connectivity index (χ1v) is 13.9. The number of alkyl halides is 4. The zero-order chi connectivity index (χ0) is 33.1. The molecule has 3 aromatic rings. The van der Waals surface area contributed by atoms with E-state index in [-0.39, 0.29) is 29.4 Å². The summed E-state index contributed by atoms with van der Waals surface area (Å²) in [4.78, 5) is 35.4. The second kappa shape index (κ2) is 13.6. The zero-order valence-corrected chi connectivity index (χ0v) is 24.4. The van der Waals surface area contributed by atoms with Crippen LogP contribution in [0.4, 0.5) is 27.6 Å². The van der Waals surface area contributed by atoms with Gasteiger partial charge in [0.05, 0.1) is 35.5 Å². The maximum Gasteiger partial charge on any atom is 0.421 e. The smallest absolute Gasteiger partial charge is 0.421 e. The highest BCUT2D eigenvalue weighted by Gasteiger charge is 2.38. The molecular weight excluding hydrogens is 631 g/mol. The van der Waals surface area contributed by atoms with Crippen LogP contribution in [-0.2, 0) is 12.7 Å². The third kappa shape index (κ3) is 8.03. The highest BCUT2D eigenvalue weighted by Crippen LogP contribution is 2.40. The minimum atomic E-state index is -5.02. The molecule has 10 nitrogen and oxygen atoms in total. The lowest BCUT2D eigenvalue weighted by Crippen LogP contribution is -2.46. The summed E-state index contributed by atoms with van der Waals surface area (Å²) in [6.07, 6.45) is -2.01. The Bertz CT molecular complexity index is 1550. The van der Waals surface area contributed by atoms with E-state index in [1.807, 2.05) is 0 Å². The number of hydrogen-bond acceptors (Lipinski definition) is 8. The number of hydrogen-bond donors (Lipinski definition) is 3. The van der Waals surface area contributed by atoms with Crippen molar-refractivity contribution >= 4 is 29.2 Å². The van der Waals surface area contributed by atoms with Crippen LogP contribution in [-0.4, -0.2) is 80.1 Å². The van der Waals surface area contributed by atoms with Crippen molar-refractivity contribution < 1.29 is 51.6 Å². The van der Waals surface area contributed by atoms with E-state index in [0.717, 1.165) is 18.5 Å². The van der Waals surface area contributed by atoms with Crippen molar-refractivity contribution in [1.82, 2.24) is 14.9 Å². The van der Waals surface area contributed by atoms with Gasteiger partial charge in [0, 0.05) is 37.6 Å². The average molecular weight is 659 g/mol. The number of aromatic nitrogens is 2. The molecule has 4 rings (SSSR count). The van der Waals surface area contributed by atoms with Crippen LogP contribution in [0.2, 0.25) is 5.02 Å². The predicted octanol–water partition coefficient (Wildman–Crippen LogP) is 5.10. The minimum absolute atomic E-state index is 0.0170. The number of pyridine rings is 2. The van der Waals surface area contributed by atoms with Crippen LogP contribution in [0, 0.1) is 5.82 Å². The molecule has 0 saturated carbocycles. The SMILES string of the molecule is CC1(F)CCCN(Cc2cnc(Oc3cc(C(=O)O)c(N(C(=O)c4ccc(Cl)cn4)C(CO)CO)cc3F)c(C(F)(F)F)c2)C1. The molecule has 1 aliphatic rings. The summed E-state index contributed by atoms with van der Waals surface area (Å²) in [5, 5.41) is 29.7. The number of benzene rings is 1. The van der Waals surface area contributed by atoms with Gasteiger partial charge in [-0.05, 0) is 50.1 Å². The summed E-state index contributed by atoms with van der Waals surface area (Å²) >= 11 is 5.80. The monoisotopic (exact) mass is 658 g/mol. The van der Waals surface area contributed by atoms with Gasteiger partial charge >= 0.3 is 12.1 Å². The first kappa shape index (κ1) is 34.0. The first-order chi connectivity index (χ1) is 21.1. The van der Waals surface area contributed by atoms with Crippen LogP contribution in [0.25, 0.3) is 0 Å². The van der Waals surface area contributed by atoms with E-state index in [9.17, 15) is 42.5 Å². The van der Waals surface area contributed by atoms with Gasteiger partial charge in [-0.3, -0.25) is 14.6 Å². The number of piperidine rings is 1. The van der Waals surface area contributed by atoms with Crippen molar-refractivity contribution in [2.24, 2.45) is 0 Å². The number of nitrogens with zero attached hydrogens (tertiary/aromatic N) is 4. The second-order valence-electron chi connectivity index (χ2n) is 10.7. The second-order valence-corrected chi connectivity index (χ2v) is 11.1. The topological polar surface area (TPSA) is 136 Å². The number of rotatable bonds is 10. The van der Waals surface area contributed by atoms with Gasteiger partial charge in [-0.25, -0.2) is 23.5 Å². The molecule has 0 radical (unpaired) electrons. The molecule has 3 N–H and O–H groups in total. The van der Waals surface area contributed by atoms with E-state index in [1.165, 1.54) is 19.1 Å². The Labute approximate surface area is 258 Å². The summed E-state index contributed by atoms with van der Waals surface area (Å²) in [6, 6.07) is 2.80. The molecule has 1 aromatic carbocycles. The molecular formula is C29H28ClF5N4O6. The molecule has 3 heterocycles. The highest BCUT2D eigenvalue weighted by atomic mass is 35.5. The van der Waals surface area contributed by atoms with Gasteiger partial charge in [-0.2, -0.15) is 13.2 Å². The van der Waals surface area contributed by atoms with E-state index >= 15 is 4.39 Å². The van der Waals surface area contributed by atoms with Gasteiger partial charge in [0.1, 0.15) is 16.9 Å². The summed E-state index contributed by atoms with van der Waals surface area (Å²) in [7, 11) is 0. The van der Waals surface area contributed by atoms with Crippen LogP contribution < -0.4 is 9.64 Å². The predicted molar refractivity (Wildman–Crippen MR) is 151 cm³/mol. The Balaban J connectivity index is 1.73. The van der Waals surface area contributed by atoms with Crippen LogP contribution in [0.3, 0.4) is 0 Å². The number of amides is 1. The number of carbonyl (C=O) groups excluding carboxylic acids is 1. The van der Waals surface area contributed by atoms with Gasteiger partial charge < -0.3 is 20.1 Å². The van der Waals surface area contributed by atoms with Crippen LogP contribution in [0.5, 0.6) is 11.6 Å². The first-order valence-electron chi connectivity index (χ1n) is 13.5. The van der Waals surface area contributed by atoms with Gasteiger partial charge in [0.25, 0.3) is 5.91 Å². The van der Waals surface area contributed by atoms with Crippen molar-refractivity contribution in [1.29, 1.82) is 0 Å². The van der Waals surface area contributed by atoms with Crippen molar-refractivity contribution in [2.45, 2.75) is 44.2 Å². The number of aromatic carboxylic acids is 1. The van der Waals surface area contributed by atoms with Crippen LogP contribution in [0.1, 0.15) is 51.7 Å². The number of carboxylic acids is 1. The standard InChI is InChI=1S/C29H28ClF5N4O6/c1-28(32)5-2-6-38(15-28)12-16-7-20(29(33,34)35)25(37-10-16)45-24-8-19(27(43)44)23(9-21(24)31)39(18(13-40)14-41)26(42)22-4-3-17(30)11-36-22/h3-4,7-11,18,40-41H,2,5-6,12-15H2,1H3,(H,43,44). The molecule has 0 aliphatic carbocycles. The fourth-order valence-electron chi connectivity index (χ4n) is 4.97. The lowest BCUT2D eigenvalue weighted by molar-refractivity contribution is -0.139. The number of aliphatic hydroxyl groups is 2. The summed E-state index contributed by atoms with van der Waals surface area (Å²) in [5.74, 6) is -6.22. The molecule has 0 bridgehead atoms. The van der Waals surface area contributed by atoms with E-state index in [2.05, 4.69) is 9.97 Å². The number of carbonyl (C=O) groups is 2. The van der Waals surface area contributed by atoms with Gasteiger partial charge in [-0.15, -0.1) is 0 Å². The number of anilines is 1. The molecule has 242 valence electrons. The Morgan fingerprint density at radius 3 is 2.44 bits per heavy atom. The van der Waals surface area contributed by atoms with Crippen molar-refractivity contribution in [3.63, 3.8) is 0 Å². The summed E-state index contributed by atoms with van der Waals surface area (Å²) < 4.78 is 77.3. The minimum Gasteiger partial charge on any atom is -0.478 e. The number of ether oxygens (including phenoxy) is 1. The normalized spacial score (nSPS) is 17.4. The molecule has 1 saturated heterocycles. The Kier molecular flexibility index (Phi) is 10.3. The van der Waals surface area contributed by atoms with Crippen molar-refractivity contribution in [3.8, 4) is 11.6 Å². The third-order valence-corrected chi connectivity index (χ3v) is 7.27. The van der Waals surface area contributed by atoms with Crippen molar-refractivity contribution in [3.05, 3.63) is 75.9 Å². The third-order valence-electron chi connectivity index (χ3n) is 7.04. The molecule has 1 unspecified atom stereocenters. The lowest BCUT2D eigenvalue weighted by atomic mass is 9.96. The number of carboxylic acid groups (broad SMARTS) is 1. The van der Waals surface area contributed by atoms with Crippen molar-refractivity contribution in [2.75, 3.05) is 31.2 Å². The molecule has 0 spiro atoms. The Morgan fingerprint density at radius 1 is 1.16 bits per heavy atom. The van der Waals surface area contributed by atoms with E-state index in [1.54, 1.807) is 4.90 Å². The fraction of sp³-hybridized carbons (Fsp3) is 0.379. The molecule has 1 aliphatic heterocycles. The van der Waals surface area contributed by atoms with Gasteiger partial charge in [-0.1, -0.05) is 11.6 Å². The largest absolute Gasteiger partial charge is 0.478 e. The molecule has 1 amide bonds. The molecule has 1 fully saturated rings. The number of halogens is 6. The fourth-order valence-corrected chi connectivity index (χ4v) is 5.08. The highest BCUT2D eigenvalue weighted by molar-refractivity contribution is 6.30. The van der Waals surface area contributed by atoms with Gasteiger partial charge in [0.2, 0.25) is 5.88 Å². The quantitative estimate of drug-likeness (QED) is 0.254. The summed E-state index contributed by atoms with van der Waals surface area (Å²) in [6.45, 7) is 0.0895. The maximum absolute atomic E-state index is 15.5. The molecule has 1 atom stereocenters. The molecule has 2 aromatic heterocycles. The van der Waals surface area contributed by atoms with Crippen LogP contribution >= 0.6 is 11.6 Å². The Morgan fingerprint density at radius 2 is 1.87 bits per heavy atom. The molecule has 45 heavy (non-hydrogen) atoms. The lowest BCUT2D eigenvalue weighted by Gasteiger charge is -2.35. The summed E-state index contributed by atoms with van der Waals surface area (Å²) in [5.41, 5.74) is -4.55. The number of aliphatic hydroxyl groups excluding tert-OH is 2.